The monoisotopic (exact) mass is 127 g/mol. The molecule has 0 atom stereocenters. The molecule has 9 heavy (non-hydrogen) atoms. The van der Waals surface area contributed by atoms with E-state index in [1.54, 1.807) is 13.0 Å². The van der Waals surface area contributed by atoms with Gasteiger partial charge in [0.05, 0.1) is 0 Å². The van der Waals surface area contributed by atoms with E-state index < -0.39 is 0 Å². The number of ketones is 1. The molecule has 0 unspecified atom stereocenters. The molecule has 1 N–H and O–H groups in total. The molecule has 0 amide bonds. The number of rotatable bonds is 3. The summed E-state index contributed by atoms with van der Waals surface area (Å²) in [6.07, 6.45) is 2.50. The first kappa shape index (κ1) is 8.21. The van der Waals surface area contributed by atoms with E-state index in [4.69, 9.17) is 0 Å². The molecule has 2 nitrogen and oxygen atoms in total. The minimum Gasteiger partial charge on any atom is -0.391 e. The lowest BCUT2D eigenvalue weighted by Crippen LogP contribution is -2.05. The van der Waals surface area contributed by atoms with E-state index in [0.29, 0.717) is 0 Å². The molecule has 0 aromatic rings. The summed E-state index contributed by atoms with van der Waals surface area (Å²) in [6.45, 7) is 3.55. The quantitative estimate of drug-likeness (QED) is 0.575. The van der Waals surface area contributed by atoms with Gasteiger partial charge in [0.2, 0.25) is 0 Å². The smallest absolute Gasteiger partial charge is 0.154 e. The second-order valence-electron chi connectivity index (χ2n) is 1.88. The fourth-order valence-electron chi connectivity index (χ4n) is 0.596. The summed E-state index contributed by atoms with van der Waals surface area (Å²) in [5.41, 5.74) is 0.988. The first-order valence-corrected chi connectivity index (χ1v) is 3.09. The van der Waals surface area contributed by atoms with Gasteiger partial charge in [0, 0.05) is 12.7 Å². The highest BCUT2D eigenvalue weighted by atomic mass is 16.1. The van der Waals surface area contributed by atoms with Gasteiger partial charge in [-0.25, -0.2) is 0 Å². The van der Waals surface area contributed by atoms with Crippen LogP contribution >= 0.6 is 0 Å². The number of nitrogens with one attached hydrogen (secondary N) is 1. The minimum absolute atomic E-state index is 0.0983. The van der Waals surface area contributed by atoms with Gasteiger partial charge in [-0.05, 0) is 19.4 Å². The van der Waals surface area contributed by atoms with Crippen LogP contribution in [0, 0.1) is 0 Å². The van der Waals surface area contributed by atoms with Crippen LogP contribution < -0.4 is 5.32 Å². The van der Waals surface area contributed by atoms with E-state index in [1.807, 2.05) is 14.0 Å². The maximum Gasteiger partial charge on any atom is 0.154 e. The van der Waals surface area contributed by atoms with Crippen molar-refractivity contribution in [3.63, 3.8) is 0 Å². The van der Waals surface area contributed by atoms with Crippen molar-refractivity contribution in [3.05, 3.63) is 11.8 Å². The molecule has 0 heterocycles. The van der Waals surface area contributed by atoms with E-state index in [0.717, 1.165) is 12.1 Å². The molecule has 0 rings (SSSR count). The van der Waals surface area contributed by atoms with Crippen molar-refractivity contribution in [1.29, 1.82) is 0 Å². The van der Waals surface area contributed by atoms with Crippen LogP contribution in [-0.4, -0.2) is 12.8 Å². The zero-order valence-corrected chi connectivity index (χ0v) is 6.19. The first-order valence-electron chi connectivity index (χ1n) is 3.09. The highest BCUT2D eigenvalue weighted by Crippen LogP contribution is 1.92. The highest BCUT2D eigenvalue weighted by Gasteiger charge is 1.89. The lowest BCUT2D eigenvalue weighted by Gasteiger charge is -1.99. The fourth-order valence-corrected chi connectivity index (χ4v) is 0.596. The van der Waals surface area contributed by atoms with Crippen LogP contribution in [0.1, 0.15) is 20.3 Å². The second-order valence-corrected chi connectivity index (χ2v) is 1.88. The molecule has 0 spiro atoms. The Morgan fingerprint density at radius 2 is 2.22 bits per heavy atom. The molecule has 0 aliphatic carbocycles. The Morgan fingerprint density at radius 1 is 1.67 bits per heavy atom. The third-order valence-corrected chi connectivity index (χ3v) is 1.08. The Bertz CT molecular complexity index is 121. The van der Waals surface area contributed by atoms with Gasteiger partial charge in [-0.15, -0.1) is 0 Å². The number of hydrogen-bond acceptors (Lipinski definition) is 2. The molecule has 0 aliphatic heterocycles. The predicted molar refractivity (Wildman–Crippen MR) is 38.1 cm³/mol. The lowest BCUT2D eigenvalue weighted by molar-refractivity contribution is -0.112. The third kappa shape index (κ3) is 3.76. The Hall–Kier alpha value is -0.790. The van der Waals surface area contributed by atoms with Crippen molar-refractivity contribution in [1.82, 2.24) is 5.32 Å². The van der Waals surface area contributed by atoms with Gasteiger partial charge in [0.25, 0.3) is 0 Å². The Balaban J connectivity index is 3.91. The Kier molecular flexibility index (Phi) is 3.76. The summed E-state index contributed by atoms with van der Waals surface area (Å²) < 4.78 is 0. The fraction of sp³-hybridized carbons (Fsp3) is 0.571. The van der Waals surface area contributed by atoms with E-state index >= 15 is 0 Å². The van der Waals surface area contributed by atoms with Crippen molar-refractivity contribution < 1.29 is 4.79 Å². The zero-order chi connectivity index (χ0) is 7.28. The van der Waals surface area contributed by atoms with Gasteiger partial charge >= 0.3 is 0 Å². The molecule has 0 aliphatic rings. The molecular weight excluding hydrogens is 114 g/mol. The number of hydrogen-bond donors (Lipinski definition) is 1. The number of allylic oxidation sites excluding steroid dienone is 2. The van der Waals surface area contributed by atoms with Crippen molar-refractivity contribution in [3.8, 4) is 0 Å². The van der Waals surface area contributed by atoms with Crippen LogP contribution in [-0.2, 0) is 4.79 Å². The maximum absolute atomic E-state index is 10.5. The molecule has 0 aromatic heterocycles. The van der Waals surface area contributed by atoms with Crippen LogP contribution in [0.25, 0.3) is 0 Å². The average molecular weight is 127 g/mol. The standard InChI is InChI=1S/C7H13NO/c1-4-7(8-3)5-6(2)9/h5,8H,4H2,1-3H3/b7-5+. The van der Waals surface area contributed by atoms with Crippen LogP contribution in [0.4, 0.5) is 0 Å². The summed E-state index contributed by atoms with van der Waals surface area (Å²) in [4.78, 5) is 10.5. The normalized spacial score (nSPS) is 11.2. The van der Waals surface area contributed by atoms with Crippen LogP contribution in [0.5, 0.6) is 0 Å². The SMILES string of the molecule is CC/C(=C\C(C)=O)NC. The molecule has 52 valence electrons. The first-order chi connectivity index (χ1) is 4.20. The maximum atomic E-state index is 10.5. The number of carbonyl (C=O) groups is 1. The van der Waals surface area contributed by atoms with Crippen LogP contribution in [0.3, 0.4) is 0 Å². The van der Waals surface area contributed by atoms with Crippen molar-refractivity contribution >= 4 is 5.78 Å². The predicted octanol–water partition coefficient (Wildman–Crippen LogP) is 1.09. The summed E-state index contributed by atoms with van der Waals surface area (Å²) in [7, 11) is 1.82. The Labute approximate surface area is 56.0 Å². The molecule has 0 bridgehead atoms. The summed E-state index contributed by atoms with van der Waals surface area (Å²) in [6, 6.07) is 0. The topological polar surface area (TPSA) is 29.1 Å². The van der Waals surface area contributed by atoms with Crippen LogP contribution in [0.15, 0.2) is 11.8 Å². The van der Waals surface area contributed by atoms with Gasteiger partial charge in [0.1, 0.15) is 0 Å². The largest absolute Gasteiger partial charge is 0.391 e. The summed E-state index contributed by atoms with van der Waals surface area (Å²) in [5, 5.41) is 2.92. The van der Waals surface area contributed by atoms with Gasteiger partial charge in [-0.1, -0.05) is 6.92 Å². The van der Waals surface area contributed by atoms with Crippen LogP contribution in [0.2, 0.25) is 0 Å². The average Bonchev–Trinajstić information content (AvgIpc) is 1.82. The molecule has 2 heteroatoms. The van der Waals surface area contributed by atoms with E-state index in [9.17, 15) is 4.79 Å². The second kappa shape index (κ2) is 4.13. The molecule has 0 radical (unpaired) electrons. The van der Waals surface area contributed by atoms with E-state index in [-0.39, 0.29) is 5.78 Å². The molecule has 0 fully saturated rings. The molecule has 0 aromatic carbocycles. The van der Waals surface area contributed by atoms with E-state index in [1.165, 1.54) is 0 Å². The van der Waals surface area contributed by atoms with Gasteiger partial charge in [0.15, 0.2) is 5.78 Å². The summed E-state index contributed by atoms with van der Waals surface area (Å²) >= 11 is 0. The van der Waals surface area contributed by atoms with E-state index in [2.05, 4.69) is 5.32 Å². The third-order valence-electron chi connectivity index (χ3n) is 1.08. The van der Waals surface area contributed by atoms with Crippen molar-refractivity contribution in [2.75, 3.05) is 7.05 Å². The van der Waals surface area contributed by atoms with Crippen molar-refractivity contribution in [2.45, 2.75) is 20.3 Å². The lowest BCUT2D eigenvalue weighted by atomic mass is 10.3. The van der Waals surface area contributed by atoms with Crippen molar-refractivity contribution in [2.24, 2.45) is 0 Å². The molecular formula is C7H13NO. The number of carbonyl (C=O) groups excluding carboxylic acids is 1. The highest BCUT2D eigenvalue weighted by molar-refractivity contribution is 5.87. The van der Waals surface area contributed by atoms with Gasteiger partial charge in [-0.3, -0.25) is 4.79 Å². The van der Waals surface area contributed by atoms with Gasteiger partial charge < -0.3 is 5.32 Å². The molecule has 0 saturated heterocycles. The summed E-state index contributed by atoms with van der Waals surface area (Å²) in [5.74, 6) is 0.0983. The Morgan fingerprint density at radius 3 is 2.33 bits per heavy atom. The van der Waals surface area contributed by atoms with Gasteiger partial charge in [-0.2, -0.15) is 0 Å². The minimum atomic E-state index is 0.0983. The molecule has 0 saturated carbocycles. The zero-order valence-electron chi connectivity index (χ0n) is 6.19.